The van der Waals surface area contributed by atoms with Gasteiger partial charge in [-0.05, 0) is 69.7 Å². The molecule has 5 rings (SSSR count). The highest BCUT2D eigenvalue weighted by Gasteiger charge is 2.41. The Balaban J connectivity index is 1.38. The van der Waals surface area contributed by atoms with Gasteiger partial charge in [0.2, 0.25) is 0 Å². The Bertz CT molecular complexity index is 856. The molecule has 0 amide bonds. The summed E-state index contributed by atoms with van der Waals surface area (Å²) in [5.74, 6) is 0.957. The summed E-state index contributed by atoms with van der Waals surface area (Å²) >= 11 is 0. The SMILES string of the molecule is C[C@H]1CCCCN1c1ccnc(N2CC[C@@H]3[C@H]2CCCN3c2cccc(F)c2)c1. The number of halogens is 1. The van der Waals surface area contributed by atoms with E-state index in [1.165, 1.54) is 37.4 Å². The lowest BCUT2D eigenvalue weighted by Crippen LogP contribution is -2.50. The highest BCUT2D eigenvalue weighted by Crippen LogP contribution is 2.37. The van der Waals surface area contributed by atoms with Crippen molar-refractivity contribution in [2.75, 3.05) is 34.3 Å². The smallest absolute Gasteiger partial charge is 0.130 e. The van der Waals surface area contributed by atoms with E-state index in [9.17, 15) is 4.39 Å². The van der Waals surface area contributed by atoms with Crippen molar-refractivity contribution in [2.24, 2.45) is 0 Å². The molecule has 3 saturated heterocycles. The molecule has 3 atom stereocenters. The van der Waals surface area contributed by atoms with Crippen molar-refractivity contribution in [3.63, 3.8) is 0 Å². The number of pyridine rings is 1. The second kappa shape index (κ2) is 7.85. The van der Waals surface area contributed by atoms with E-state index < -0.39 is 0 Å². The molecule has 4 nitrogen and oxygen atoms in total. The zero-order valence-electron chi connectivity index (χ0n) is 17.3. The first-order chi connectivity index (χ1) is 14.2. The van der Waals surface area contributed by atoms with Gasteiger partial charge >= 0.3 is 0 Å². The van der Waals surface area contributed by atoms with E-state index in [0.717, 1.165) is 44.0 Å². The molecule has 3 aliphatic rings. The van der Waals surface area contributed by atoms with E-state index in [0.29, 0.717) is 18.1 Å². The summed E-state index contributed by atoms with van der Waals surface area (Å²) in [7, 11) is 0. The maximum absolute atomic E-state index is 13.8. The lowest BCUT2D eigenvalue weighted by molar-refractivity contribution is 0.432. The van der Waals surface area contributed by atoms with Crippen molar-refractivity contribution in [1.82, 2.24) is 4.98 Å². The number of hydrogen-bond acceptors (Lipinski definition) is 4. The van der Waals surface area contributed by atoms with Crippen LogP contribution in [0.5, 0.6) is 0 Å². The van der Waals surface area contributed by atoms with Crippen LogP contribution in [-0.2, 0) is 0 Å². The van der Waals surface area contributed by atoms with Gasteiger partial charge in [-0.2, -0.15) is 0 Å². The van der Waals surface area contributed by atoms with Crippen LogP contribution in [0.3, 0.4) is 0 Å². The van der Waals surface area contributed by atoms with Crippen LogP contribution >= 0.6 is 0 Å². The van der Waals surface area contributed by atoms with Crippen molar-refractivity contribution in [3.8, 4) is 0 Å². The van der Waals surface area contributed by atoms with Crippen molar-refractivity contribution in [1.29, 1.82) is 0 Å². The molecule has 29 heavy (non-hydrogen) atoms. The highest BCUT2D eigenvalue weighted by molar-refractivity contribution is 5.58. The lowest BCUT2D eigenvalue weighted by atomic mass is 9.96. The molecule has 3 fully saturated rings. The van der Waals surface area contributed by atoms with Crippen LogP contribution in [-0.4, -0.2) is 42.7 Å². The third kappa shape index (κ3) is 3.56. The van der Waals surface area contributed by atoms with Crippen molar-refractivity contribution in [2.45, 2.75) is 63.6 Å². The number of aromatic nitrogens is 1. The minimum absolute atomic E-state index is 0.149. The van der Waals surface area contributed by atoms with Gasteiger partial charge in [0.1, 0.15) is 11.6 Å². The molecule has 1 aromatic carbocycles. The fourth-order valence-corrected chi connectivity index (χ4v) is 5.67. The molecule has 0 bridgehead atoms. The standard InChI is InChI=1S/C24H31FN4/c1-18-6-2-3-13-27(18)21-10-12-26-24(17-21)29-15-11-23-22(29)9-5-14-28(23)20-8-4-7-19(25)16-20/h4,7-8,10,12,16-18,22-23H,2-3,5-6,9,11,13-15H2,1H3/t18-,22+,23+/m0/s1. The van der Waals surface area contributed by atoms with E-state index in [-0.39, 0.29) is 5.82 Å². The first-order valence-corrected chi connectivity index (χ1v) is 11.2. The fourth-order valence-electron chi connectivity index (χ4n) is 5.67. The first-order valence-electron chi connectivity index (χ1n) is 11.2. The molecule has 3 aliphatic heterocycles. The second-order valence-electron chi connectivity index (χ2n) is 8.84. The van der Waals surface area contributed by atoms with Crippen molar-refractivity contribution < 1.29 is 4.39 Å². The summed E-state index contributed by atoms with van der Waals surface area (Å²) in [6.45, 7) is 5.51. The summed E-state index contributed by atoms with van der Waals surface area (Å²) in [5.41, 5.74) is 2.33. The number of nitrogens with zero attached hydrogens (tertiary/aromatic N) is 4. The number of anilines is 3. The average molecular weight is 395 g/mol. The van der Waals surface area contributed by atoms with Gasteiger partial charge in [-0.25, -0.2) is 9.37 Å². The summed E-state index contributed by atoms with van der Waals surface area (Å²) in [6.07, 6.45) is 9.29. The Morgan fingerprint density at radius 1 is 0.828 bits per heavy atom. The van der Waals surface area contributed by atoms with E-state index in [4.69, 9.17) is 4.98 Å². The molecule has 0 unspecified atom stereocenters. The molecule has 0 radical (unpaired) electrons. The van der Waals surface area contributed by atoms with Gasteiger partial charge in [0.25, 0.3) is 0 Å². The van der Waals surface area contributed by atoms with E-state index in [1.54, 1.807) is 6.07 Å². The average Bonchev–Trinajstić information content (AvgIpc) is 3.18. The van der Waals surface area contributed by atoms with Gasteiger partial charge in [0.05, 0.1) is 12.1 Å². The molecule has 0 N–H and O–H groups in total. The van der Waals surface area contributed by atoms with Crippen LogP contribution in [0, 0.1) is 5.82 Å². The molecule has 0 saturated carbocycles. The highest BCUT2D eigenvalue weighted by atomic mass is 19.1. The molecule has 4 heterocycles. The van der Waals surface area contributed by atoms with Crippen LogP contribution in [0.25, 0.3) is 0 Å². The maximum Gasteiger partial charge on any atom is 0.130 e. The van der Waals surface area contributed by atoms with Crippen LogP contribution < -0.4 is 14.7 Å². The molecule has 2 aromatic rings. The molecular weight excluding hydrogens is 363 g/mol. The van der Waals surface area contributed by atoms with E-state index >= 15 is 0 Å². The molecular formula is C24H31FN4. The number of rotatable bonds is 3. The Labute approximate surface area is 173 Å². The number of benzene rings is 1. The Morgan fingerprint density at radius 3 is 2.52 bits per heavy atom. The summed E-state index contributed by atoms with van der Waals surface area (Å²) < 4.78 is 13.8. The van der Waals surface area contributed by atoms with E-state index in [1.807, 2.05) is 18.3 Å². The van der Waals surface area contributed by atoms with Crippen LogP contribution in [0.4, 0.5) is 21.6 Å². The van der Waals surface area contributed by atoms with Crippen LogP contribution in [0.15, 0.2) is 42.6 Å². The monoisotopic (exact) mass is 394 g/mol. The third-order valence-corrected chi connectivity index (χ3v) is 7.11. The van der Waals surface area contributed by atoms with Gasteiger partial charge in [-0.15, -0.1) is 0 Å². The Kier molecular flexibility index (Phi) is 5.06. The quantitative estimate of drug-likeness (QED) is 0.742. The zero-order valence-corrected chi connectivity index (χ0v) is 17.3. The van der Waals surface area contributed by atoms with Gasteiger partial charge in [0, 0.05) is 49.3 Å². The van der Waals surface area contributed by atoms with Crippen LogP contribution in [0.2, 0.25) is 0 Å². The normalized spacial score (nSPS) is 27.2. The first kappa shape index (κ1) is 18.7. The van der Waals surface area contributed by atoms with Crippen molar-refractivity contribution in [3.05, 3.63) is 48.4 Å². The molecule has 154 valence electrons. The second-order valence-corrected chi connectivity index (χ2v) is 8.84. The number of piperidine rings is 2. The minimum Gasteiger partial charge on any atom is -0.369 e. The van der Waals surface area contributed by atoms with Gasteiger partial charge < -0.3 is 14.7 Å². The van der Waals surface area contributed by atoms with Crippen LogP contribution in [0.1, 0.15) is 45.4 Å². The van der Waals surface area contributed by atoms with Gasteiger partial charge in [-0.1, -0.05) is 6.07 Å². The van der Waals surface area contributed by atoms with Gasteiger partial charge in [0.15, 0.2) is 0 Å². The van der Waals surface area contributed by atoms with Gasteiger partial charge in [-0.3, -0.25) is 0 Å². The fraction of sp³-hybridized carbons (Fsp3) is 0.542. The molecule has 0 spiro atoms. The lowest BCUT2D eigenvalue weighted by Gasteiger charge is -2.42. The third-order valence-electron chi connectivity index (χ3n) is 7.11. The topological polar surface area (TPSA) is 22.6 Å². The Morgan fingerprint density at radius 2 is 1.66 bits per heavy atom. The molecule has 5 heteroatoms. The van der Waals surface area contributed by atoms with Crippen molar-refractivity contribution >= 4 is 17.2 Å². The predicted octanol–water partition coefficient (Wildman–Crippen LogP) is 4.85. The summed E-state index contributed by atoms with van der Waals surface area (Å²) in [4.78, 5) is 12.2. The maximum atomic E-state index is 13.8. The minimum atomic E-state index is -0.149. The number of hydrogen-bond donors (Lipinski definition) is 0. The molecule has 0 aliphatic carbocycles. The summed E-state index contributed by atoms with van der Waals surface area (Å²) in [6, 6.07) is 13.0. The number of fused-ring (bicyclic) bond motifs is 1. The zero-order chi connectivity index (χ0) is 19.8. The largest absolute Gasteiger partial charge is 0.369 e. The molecule has 1 aromatic heterocycles. The predicted molar refractivity (Wildman–Crippen MR) is 117 cm³/mol. The summed E-state index contributed by atoms with van der Waals surface area (Å²) in [5, 5.41) is 0. The Hall–Kier alpha value is -2.30. The van der Waals surface area contributed by atoms with E-state index in [2.05, 4.69) is 33.8 Å².